The Hall–Kier alpha value is -1.51. The first-order valence-corrected chi connectivity index (χ1v) is 4.26. The van der Waals surface area contributed by atoms with E-state index in [1.165, 1.54) is 11.8 Å². The van der Waals surface area contributed by atoms with Gasteiger partial charge in [0.15, 0.2) is 0 Å². The summed E-state index contributed by atoms with van der Waals surface area (Å²) in [5.41, 5.74) is 2.09. The van der Waals surface area contributed by atoms with E-state index in [1.807, 2.05) is 25.1 Å². The summed E-state index contributed by atoms with van der Waals surface area (Å²) >= 11 is 0. The highest BCUT2D eigenvalue weighted by Crippen LogP contribution is 2.28. The molecule has 0 bridgehead atoms. The Morgan fingerprint density at radius 2 is 2.46 bits per heavy atom. The van der Waals surface area contributed by atoms with Crippen LogP contribution in [0.25, 0.3) is 0 Å². The van der Waals surface area contributed by atoms with E-state index in [9.17, 15) is 0 Å². The number of hydrogen-bond donors (Lipinski definition) is 1. The Bertz CT molecular complexity index is 347. The summed E-state index contributed by atoms with van der Waals surface area (Å²) in [6.07, 6.45) is 2.61. The molecule has 1 atom stereocenters. The zero-order chi connectivity index (χ0) is 9.26. The molecule has 0 radical (unpaired) electrons. The van der Waals surface area contributed by atoms with Crippen molar-refractivity contribution in [1.82, 2.24) is 0 Å². The van der Waals surface area contributed by atoms with E-state index in [-0.39, 0.29) is 6.10 Å². The van der Waals surface area contributed by atoms with Crippen LogP contribution in [0.1, 0.15) is 18.1 Å². The van der Waals surface area contributed by atoms with Gasteiger partial charge >= 0.3 is 0 Å². The molecule has 0 aliphatic carbocycles. The molecular formula is C10H11NO2. The molecule has 0 saturated heterocycles. The molecule has 13 heavy (non-hydrogen) atoms. The van der Waals surface area contributed by atoms with Gasteiger partial charge in [-0.05, 0) is 36.2 Å². The van der Waals surface area contributed by atoms with Gasteiger partial charge in [-0.25, -0.2) is 0 Å². The van der Waals surface area contributed by atoms with Gasteiger partial charge in [0, 0.05) is 6.42 Å². The first-order valence-electron chi connectivity index (χ1n) is 4.26. The SMILES string of the molecule is C[C@@H]1Cc2cc(/C=N/O)ccc2O1. The second-order valence-electron chi connectivity index (χ2n) is 3.24. The number of fused-ring (bicyclic) bond motifs is 1. The zero-order valence-electron chi connectivity index (χ0n) is 7.40. The second kappa shape index (κ2) is 3.09. The van der Waals surface area contributed by atoms with Crippen LogP contribution in [0.3, 0.4) is 0 Å². The molecule has 1 aromatic rings. The number of ether oxygens (including phenoxy) is 1. The molecule has 0 amide bonds. The third-order valence-electron chi connectivity index (χ3n) is 2.13. The molecule has 1 aliphatic heterocycles. The van der Waals surface area contributed by atoms with E-state index >= 15 is 0 Å². The summed E-state index contributed by atoms with van der Waals surface area (Å²) in [7, 11) is 0. The molecule has 1 aliphatic rings. The van der Waals surface area contributed by atoms with E-state index in [2.05, 4.69) is 5.16 Å². The van der Waals surface area contributed by atoms with E-state index in [0.717, 1.165) is 17.7 Å². The van der Waals surface area contributed by atoms with Crippen LogP contribution in [0.15, 0.2) is 23.4 Å². The summed E-state index contributed by atoms with van der Waals surface area (Å²) in [6, 6.07) is 5.77. The predicted octanol–water partition coefficient (Wildman–Crippen LogP) is 1.82. The number of benzene rings is 1. The van der Waals surface area contributed by atoms with Gasteiger partial charge in [-0.2, -0.15) is 0 Å². The minimum absolute atomic E-state index is 0.260. The van der Waals surface area contributed by atoms with Crippen LogP contribution in [0.5, 0.6) is 5.75 Å². The minimum atomic E-state index is 0.260. The van der Waals surface area contributed by atoms with Crippen molar-refractivity contribution in [2.75, 3.05) is 0 Å². The summed E-state index contributed by atoms with van der Waals surface area (Å²) in [5, 5.41) is 11.3. The van der Waals surface area contributed by atoms with Gasteiger partial charge in [0.05, 0.1) is 6.21 Å². The van der Waals surface area contributed by atoms with Crippen molar-refractivity contribution >= 4 is 6.21 Å². The van der Waals surface area contributed by atoms with Gasteiger partial charge in [-0.1, -0.05) is 5.16 Å². The molecule has 1 N–H and O–H groups in total. The lowest BCUT2D eigenvalue weighted by molar-refractivity contribution is 0.254. The summed E-state index contributed by atoms with van der Waals surface area (Å²) < 4.78 is 5.53. The number of hydrogen-bond acceptors (Lipinski definition) is 3. The number of oxime groups is 1. The quantitative estimate of drug-likeness (QED) is 0.404. The van der Waals surface area contributed by atoms with Crippen LogP contribution in [0.4, 0.5) is 0 Å². The van der Waals surface area contributed by atoms with Crippen LogP contribution in [0, 0.1) is 0 Å². The van der Waals surface area contributed by atoms with E-state index in [4.69, 9.17) is 9.94 Å². The molecule has 2 rings (SSSR count). The molecule has 0 fully saturated rings. The average molecular weight is 177 g/mol. The first kappa shape index (κ1) is 8.10. The van der Waals surface area contributed by atoms with Crippen molar-refractivity contribution < 1.29 is 9.94 Å². The van der Waals surface area contributed by atoms with Gasteiger partial charge in [-0.15, -0.1) is 0 Å². The van der Waals surface area contributed by atoms with Crippen molar-refractivity contribution in [3.8, 4) is 5.75 Å². The van der Waals surface area contributed by atoms with Crippen LogP contribution in [0.2, 0.25) is 0 Å². The summed E-state index contributed by atoms with van der Waals surface area (Å²) in [6.45, 7) is 2.04. The lowest BCUT2D eigenvalue weighted by Crippen LogP contribution is -2.05. The van der Waals surface area contributed by atoms with Gasteiger partial charge in [0.1, 0.15) is 11.9 Å². The van der Waals surface area contributed by atoms with Crippen molar-refractivity contribution in [2.24, 2.45) is 5.16 Å². The van der Waals surface area contributed by atoms with E-state index in [1.54, 1.807) is 0 Å². The normalized spacial score (nSPS) is 20.2. The number of nitrogens with zero attached hydrogens (tertiary/aromatic N) is 1. The van der Waals surface area contributed by atoms with Crippen molar-refractivity contribution in [3.63, 3.8) is 0 Å². The standard InChI is InChI=1S/C10H11NO2/c1-7-4-9-5-8(6-11-12)2-3-10(9)13-7/h2-3,5-7,12H,4H2,1H3/b11-6+/t7-/m1/s1. The predicted molar refractivity (Wildman–Crippen MR) is 49.6 cm³/mol. The highest BCUT2D eigenvalue weighted by molar-refractivity contribution is 5.79. The van der Waals surface area contributed by atoms with Gasteiger partial charge in [0.25, 0.3) is 0 Å². The van der Waals surface area contributed by atoms with Gasteiger partial charge < -0.3 is 9.94 Å². The summed E-state index contributed by atoms with van der Waals surface area (Å²) in [4.78, 5) is 0. The van der Waals surface area contributed by atoms with E-state index in [0.29, 0.717) is 0 Å². The second-order valence-corrected chi connectivity index (χ2v) is 3.24. The Morgan fingerprint density at radius 3 is 3.23 bits per heavy atom. The number of rotatable bonds is 1. The smallest absolute Gasteiger partial charge is 0.123 e. The largest absolute Gasteiger partial charge is 0.490 e. The molecule has 3 heteroatoms. The molecule has 1 aromatic carbocycles. The lowest BCUT2D eigenvalue weighted by Gasteiger charge is -2.01. The fourth-order valence-electron chi connectivity index (χ4n) is 1.59. The van der Waals surface area contributed by atoms with Crippen molar-refractivity contribution in [1.29, 1.82) is 0 Å². The highest BCUT2D eigenvalue weighted by Gasteiger charge is 2.18. The highest BCUT2D eigenvalue weighted by atomic mass is 16.5. The fraction of sp³-hybridized carbons (Fsp3) is 0.300. The molecule has 0 unspecified atom stereocenters. The van der Waals surface area contributed by atoms with Crippen LogP contribution >= 0.6 is 0 Å². The van der Waals surface area contributed by atoms with Crippen LogP contribution in [-0.4, -0.2) is 17.5 Å². The monoisotopic (exact) mass is 177 g/mol. The Balaban J connectivity index is 2.34. The summed E-state index contributed by atoms with van der Waals surface area (Å²) in [5.74, 6) is 0.947. The van der Waals surface area contributed by atoms with E-state index < -0.39 is 0 Å². The van der Waals surface area contributed by atoms with Gasteiger partial charge in [0.2, 0.25) is 0 Å². The fourth-order valence-corrected chi connectivity index (χ4v) is 1.59. The minimum Gasteiger partial charge on any atom is -0.490 e. The third-order valence-corrected chi connectivity index (χ3v) is 2.13. The maximum atomic E-state index is 8.36. The molecule has 68 valence electrons. The molecule has 3 nitrogen and oxygen atoms in total. The zero-order valence-corrected chi connectivity index (χ0v) is 7.40. The molecule has 0 spiro atoms. The third kappa shape index (κ3) is 1.49. The topological polar surface area (TPSA) is 41.8 Å². The Kier molecular flexibility index (Phi) is 1.93. The molecule has 1 heterocycles. The van der Waals surface area contributed by atoms with Crippen LogP contribution in [-0.2, 0) is 6.42 Å². The Labute approximate surface area is 76.6 Å². The lowest BCUT2D eigenvalue weighted by atomic mass is 10.1. The van der Waals surface area contributed by atoms with Crippen LogP contribution < -0.4 is 4.74 Å². The Morgan fingerprint density at radius 1 is 1.62 bits per heavy atom. The maximum absolute atomic E-state index is 8.36. The molecule has 0 aromatic heterocycles. The van der Waals surface area contributed by atoms with Crippen molar-refractivity contribution in [3.05, 3.63) is 29.3 Å². The molecule has 0 saturated carbocycles. The maximum Gasteiger partial charge on any atom is 0.123 e. The first-order chi connectivity index (χ1) is 6.29. The van der Waals surface area contributed by atoms with Gasteiger partial charge in [-0.3, -0.25) is 0 Å². The average Bonchev–Trinajstić information content (AvgIpc) is 2.44. The van der Waals surface area contributed by atoms with Crippen molar-refractivity contribution in [2.45, 2.75) is 19.4 Å². The molecular weight excluding hydrogens is 166 g/mol.